The number of fused-ring (bicyclic) bond motifs is 3. The van der Waals surface area contributed by atoms with Crippen LogP contribution in [0.5, 0.6) is 0 Å². The molecule has 0 bridgehead atoms. The molecule has 0 aliphatic rings. The van der Waals surface area contributed by atoms with Gasteiger partial charge in [-0.25, -0.2) is 9.97 Å². The number of thiazole rings is 1. The number of carbonyl (C=O) groups excluding carboxylic acids is 1. The Balaban J connectivity index is 1.21. The number of carbonyl (C=O) groups is 1. The smallest absolute Gasteiger partial charge is 0.236 e. The van der Waals surface area contributed by atoms with Crippen molar-refractivity contribution in [1.82, 2.24) is 25.1 Å². The Hall–Kier alpha value is -2.72. The maximum Gasteiger partial charge on any atom is 0.236 e. The molecule has 2 aromatic carbocycles. The summed E-state index contributed by atoms with van der Waals surface area (Å²) in [6.07, 6.45) is 2.31. The van der Waals surface area contributed by atoms with E-state index in [0.717, 1.165) is 21.3 Å². The van der Waals surface area contributed by atoms with Gasteiger partial charge >= 0.3 is 0 Å². The number of hydrogen-bond acceptors (Lipinski definition) is 7. The molecule has 0 radical (unpaired) electrons. The Morgan fingerprint density at radius 1 is 1.16 bits per heavy atom. The number of nitrogens with zero attached hydrogens (tertiary/aromatic N) is 4. The number of nitrogens with one attached hydrogen (secondary N) is 2. The number of para-hydroxylation sites is 1. The zero-order valence-electron chi connectivity index (χ0n) is 16.3. The summed E-state index contributed by atoms with van der Waals surface area (Å²) in [6.45, 7) is 0. The molecule has 0 fully saturated rings. The fraction of sp³-hybridized carbons (Fsp3) is 0.0952. The summed E-state index contributed by atoms with van der Waals surface area (Å²) in [5.41, 5.74) is 3.22. The van der Waals surface area contributed by atoms with Gasteiger partial charge in [0.05, 0.1) is 5.75 Å². The van der Waals surface area contributed by atoms with E-state index in [2.05, 4.69) is 30.5 Å². The van der Waals surface area contributed by atoms with Gasteiger partial charge in [0.15, 0.2) is 10.8 Å². The first-order valence-corrected chi connectivity index (χ1v) is 12.0. The zero-order chi connectivity index (χ0) is 22.1. The lowest BCUT2D eigenvalue weighted by molar-refractivity contribution is -0.113. The molecule has 32 heavy (non-hydrogen) atoms. The molecule has 3 heterocycles. The lowest BCUT2D eigenvalue weighted by atomic mass is 10.1. The SMILES string of the molecule is O=C(CSc1nnc2c(n1)[nH]c1ccccc12)Nc1ncc(Cc2cc(Cl)ccc2Cl)s1. The van der Waals surface area contributed by atoms with E-state index in [0.29, 0.717) is 37.9 Å². The molecule has 0 aliphatic heterocycles. The molecule has 7 nitrogen and oxygen atoms in total. The molecule has 2 N–H and O–H groups in total. The van der Waals surface area contributed by atoms with E-state index in [1.165, 1.54) is 23.1 Å². The van der Waals surface area contributed by atoms with Gasteiger partial charge in [-0.15, -0.1) is 21.5 Å². The van der Waals surface area contributed by atoms with Crippen molar-refractivity contribution in [3.05, 3.63) is 69.1 Å². The standard InChI is InChI=1S/C21H14Cl2N6OS2/c22-12-5-6-15(23)11(7-12)8-13-9-24-20(32-13)26-17(30)10-31-21-27-19-18(28-29-21)14-3-1-2-4-16(14)25-19/h1-7,9H,8,10H2,(H,24,26,30)(H,25,27,29). The summed E-state index contributed by atoms with van der Waals surface area (Å²) in [5.74, 6) is -0.0559. The second-order valence-electron chi connectivity index (χ2n) is 6.84. The molecule has 11 heteroatoms. The first kappa shape index (κ1) is 21.1. The van der Waals surface area contributed by atoms with E-state index in [4.69, 9.17) is 23.2 Å². The highest BCUT2D eigenvalue weighted by atomic mass is 35.5. The number of H-pyrrole nitrogens is 1. The predicted molar refractivity (Wildman–Crippen MR) is 130 cm³/mol. The first-order chi connectivity index (χ1) is 15.5. The number of aromatic nitrogens is 5. The molecule has 0 saturated heterocycles. The monoisotopic (exact) mass is 500 g/mol. The Bertz CT molecular complexity index is 1450. The molecule has 3 aromatic heterocycles. The molecule has 0 spiro atoms. The van der Waals surface area contributed by atoms with Crippen LogP contribution in [0.3, 0.4) is 0 Å². The van der Waals surface area contributed by atoms with Crippen LogP contribution in [0.2, 0.25) is 10.0 Å². The van der Waals surface area contributed by atoms with Gasteiger partial charge in [0.25, 0.3) is 0 Å². The van der Waals surface area contributed by atoms with Crippen LogP contribution in [-0.2, 0) is 11.2 Å². The molecule has 1 amide bonds. The quantitative estimate of drug-likeness (QED) is 0.295. The number of anilines is 1. The highest BCUT2D eigenvalue weighted by Crippen LogP contribution is 2.27. The molecular weight excluding hydrogens is 487 g/mol. The lowest BCUT2D eigenvalue weighted by Crippen LogP contribution is -2.14. The Morgan fingerprint density at radius 2 is 2.03 bits per heavy atom. The van der Waals surface area contributed by atoms with Gasteiger partial charge in [0.1, 0.15) is 5.52 Å². The van der Waals surface area contributed by atoms with Crippen LogP contribution < -0.4 is 5.32 Å². The normalized spacial score (nSPS) is 11.3. The first-order valence-electron chi connectivity index (χ1n) is 9.47. The van der Waals surface area contributed by atoms with Crippen molar-refractivity contribution in [2.75, 3.05) is 11.1 Å². The largest absolute Gasteiger partial charge is 0.338 e. The van der Waals surface area contributed by atoms with Gasteiger partial charge in [-0.3, -0.25) is 4.79 Å². The third-order valence-corrected chi connectivity index (χ3v) is 6.96. The van der Waals surface area contributed by atoms with Gasteiger partial charge in [0, 0.05) is 38.4 Å². The third-order valence-electron chi connectivity index (χ3n) is 4.61. The summed E-state index contributed by atoms with van der Waals surface area (Å²) in [7, 11) is 0. The minimum atomic E-state index is -0.197. The van der Waals surface area contributed by atoms with Crippen molar-refractivity contribution < 1.29 is 4.79 Å². The number of thioether (sulfide) groups is 1. The number of benzene rings is 2. The average molecular weight is 501 g/mol. The van der Waals surface area contributed by atoms with Crippen molar-refractivity contribution in [2.24, 2.45) is 0 Å². The summed E-state index contributed by atoms with van der Waals surface area (Å²) in [6, 6.07) is 13.2. The van der Waals surface area contributed by atoms with Crippen LogP contribution in [0.15, 0.2) is 53.8 Å². The molecule has 0 atom stereocenters. The number of halogens is 2. The van der Waals surface area contributed by atoms with Gasteiger partial charge in [-0.2, -0.15) is 0 Å². The predicted octanol–water partition coefficient (Wildman–Crippen LogP) is 5.59. The maximum absolute atomic E-state index is 12.4. The van der Waals surface area contributed by atoms with E-state index >= 15 is 0 Å². The number of hydrogen-bond donors (Lipinski definition) is 2. The van der Waals surface area contributed by atoms with E-state index in [1.807, 2.05) is 30.3 Å². The summed E-state index contributed by atoms with van der Waals surface area (Å²) < 4.78 is 0. The van der Waals surface area contributed by atoms with Crippen LogP contribution in [0, 0.1) is 0 Å². The summed E-state index contributed by atoms with van der Waals surface area (Å²) in [5, 5.41) is 14.4. The molecule has 5 aromatic rings. The van der Waals surface area contributed by atoms with Gasteiger partial charge < -0.3 is 10.3 Å². The van der Waals surface area contributed by atoms with Crippen LogP contribution in [-0.4, -0.2) is 36.8 Å². The topological polar surface area (TPSA) is 96.5 Å². The Labute approximate surface area is 200 Å². The van der Waals surface area contributed by atoms with E-state index in [9.17, 15) is 4.79 Å². The third kappa shape index (κ3) is 4.56. The Morgan fingerprint density at radius 3 is 2.94 bits per heavy atom. The van der Waals surface area contributed by atoms with Gasteiger partial charge in [0.2, 0.25) is 11.1 Å². The average Bonchev–Trinajstić information content (AvgIpc) is 3.38. The number of rotatable bonds is 6. The van der Waals surface area contributed by atoms with E-state index in [-0.39, 0.29) is 11.7 Å². The molecule has 5 rings (SSSR count). The van der Waals surface area contributed by atoms with E-state index in [1.54, 1.807) is 18.3 Å². The van der Waals surface area contributed by atoms with Crippen molar-refractivity contribution in [3.63, 3.8) is 0 Å². The van der Waals surface area contributed by atoms with Gasteiger partial charge in [-0.05, 0) is 29.8 Å². The minimum Gasteiger partial charge on any atom is -0.338 e. The van der Waals surface area contributed by atoms with Crippen LogP contribution in [0.25, 0.3) is 22.1 Å². The molecule has 160 valence electrons. The van der Waals surface area contributed by atoms with Crippen LogP contribution in [0.4, 0.5) is 5.13 Å². The fourth-order valence-electron chi connectivity index (χ4n) is 3.17. The maximum atomic E-state index is 12.4. The summed E-state index contributed by atoms with van der Waals surface area (Å²) in [4.78, 5) is 25.3. The molecule has 0 saturated carbocycles. The minimum absolute atomic E-state index is 0.141. The number of aromatic amines is 1. The van der Waals surface area contributed by atoms with Crippen LogP contribution >= 0.6 is 46.3 Å². The number of amides is 1. The van der Waals surface area contributed by atoms with Crippen molar-refractivity contribution in [1.29, 1.82) is 0 Å². The Kier molecular flexibility index (Phi) is 5.97. The van der Waals surface area contributed by atoms with Crippen molar-refractivity contribution in [3.8, 4) is 0 Å². The van der Waals surface area contributed by atoms with E-state index < -0.39 is 0 Å². The zero-order valence-corrected chi connectivity index (χ0v) is 19.4. The lowest BCUT2D eigenvalue weighted by Gasteiger charge is -2.03. The molecule has 0 aliphatic carbocycles. The van der Waals surface area contributed by atoms with Crippen molar-refractivity contribution >= 4 is 79.4 Å². The molecule has 0 unspecified atom stereocenters. The van der Waals surface area contributed by atoms with Crippen molar-refractivity contribution in [2.45, 2.75) is 11.6 Å². The van der Waals surface area contributed by atoms with Crippen LogP contribution in [0.1, 0.15) is 10.4 Å². The highest BCUT2D eigenvalue weighted by molar-refractivity contribution is 7.99. The second kappa shape index (κ2) is 9.03. The summed E-state index contributed by atoms with van der Waals surface area (Å²) >= 11 is 14.9. The fourth-order valence-corrected chi connectivity index (χ4v) is 4.98. The highest BCUT2D eigenvalue weighted by Gasteiger charge is 2.13. The second-order valence-corrected chi connectivity index (χ2v) is 9.74. The van der Waals surface area contributed by atoms with Gasteiger partial charge in [-0.1, -0.05) is 53.2 Å². The molecular formula is C21H14Cl2N6OS2.